The number of hydrogen-bond acceptors (Lipinski definition) is 3. The predicted molar refractivity (Wildman–Crippen MR) is 85.2 cm³/mol. The van der Waals surface area contributed by atoms with Crippen molar-refractivity contribution in [3.63, 3.8) is 0 Å². The van der Waals surface area contributed by atoms with E-state index in [4.69, 9.17) is 4.74 Å². The van der Waals surface area contributed by atoms with Crippen LogP contribution in [0.25, 0.3) is 0 Å². The van der Waals surface area contributed by atoms with Crippen LogP contribution in [0.3, 0.4) is 0 Å². The van der Waals surface area contributed by atoms with Crippen LogP contribution in [0.5, 0.6) is 0 Å². The van der Waals surface area contributed by atoms with Gasteiger partial charge in [0.25, 0.3) is 0 Å². The highest BCUT2D eigenvalue weighted by Crippen LogP contribution is 2.19. The Morgan fingerprint density at radius 3 is 2.90 bits per heavy atom. The van der Waals surface area contributed by atoms with Gasteiger partial charge in [-0.25, -0.2) is 4.79 Å². The van der Waals surface area contributed by atoms with Gasteiger partial charge in [-0.2, -0.15) is 0 Å². The quantitative estimate of drug-likeness (QED) is 0.865. The van der Waals surface area contributed by atoms with Crippen molar-refractivity contribution >= 4 is 6.09 Å². The number of hydrogen-bond donors (Lipinski definition) is 1. The number of rotatable bonds is 4. The molecule has 0 aromatic heterocycles. The molecule has 2 rings (SSSR count). The molecule has 1 fully saturated rings. The van der Waals surface area contributed by atoms with Crippen molar-refractivity contribution in [2.75, 3.05) is 26.2 Å². The first-order valence-electron chi connectivity index (χ1n) is 7.97. The van der Waals surface area contributed by atoms with Crippen LogP contribution < -0.4 is 5.32 Å². The molecular weight excluding hydrogens is 264 g/mol. The van der Waals surface area contributed by atoms with E-state index in [0.717, 1.165) is 26.1 Å². The Kier molecular flexibility index (Phi) is 5.45. The second kappa shape index (κ2) is 7.12. The summed E-state index contributed by atoms with van der Waals surface area (Å²) in [5, 5.41) is 2.89. The molecule has 1 aliphatic heterocycles. The standard InChI is InChI=1S/C17H28N2O2/c1-17(2,3)21-16(20)18-11-15-9-10-19(13-15)12-14-7-5-4-6-8-14/h5,7-8,15H,4,6,9-13H2,1-3H3,(H,18,20). The minimum Gasteiger partial charge on any atom is -0.444 e. The molecule has 0 bridgehead atoms. The summed E-state index contributed by atoms with van der Waals surface area (Å²) in [7, 11) is 0. The van der Waals surface area contributed by atoms with Crippen molar-refractivity contribution in [2.45, 2.75) is 45.6 Å². The molecule has 1 aliphatic carbocycles. The van der Waals surface area contributed by atoms with E-state index in [1.165, 1.54) is 18.4 Å². The molecule has 0 spiro atoms. The summed E-state index contributed by atoms with van der Waals surface area (Å²) in [5.74, 6) is 0.533. The van der Waals surface area contributed by atoms with Gasteiger partial charge < -0.3 is 10.1 Å². The number of allylic oxidation sites excluding steroid dienone is 2. The fraction of sp³-hybridized carbons (Fsp3) is 0.706. The molecule has 0 radical (unpaired) electrons. The zero-order valence-corrected chi connectivity index (χ0v) is 13.5. The highest BCUT2D eigenvalue weighted by molar-refractivity contribution is 5.67. The lowest BCUT2D eigenvalue weighted by molar-refractivity contribution is 0.0520. The zero-order valence-electron chi connectivity index (χ0n) is 13.5. The van der Waals surface area contributed by atoms with Crippen molar-refractivity contribution in [2.24, 2.45) is 5.92 Å². The minimum atomic E-state index is -0.425. The minimum absolute atomic E-state index is 0.307. The first-order chi connectivity index (χ1) is 9.92. The fourth-order valence-electron chi connectivity index (χ4n) is 2.81. The lowest BCUT2D eigenvalue weighted by Crippen LogP contribution is -2.36. The Hall–Kier alpha value is -1.29. The highest BCUT2D eigenvalue weighted by Gasteiger charge is 2.24. The van der Waals surface area contributed by atoms with Crippen molar-refractivity contribution in [1.29, 1.82) is 0 Å². The molecule has 1 heterocycles. The molecular formula is C17H28N2O2. The SMILES string of the molecule is CC(C)(C)OC(=O)NCC1CCN(CC2=CCCC=C2)C1. The number of carbonyl (C=O) groups is 1. The predicted octanol–water partition coefficient (Wildman–Crippen LogP) is 3.11. The summed E-state index contributed by atoms with van der Waals surface area (Å²) in [6.07, 6.45) is 10.0. The number of amides is 1. The van der Waals surface area contributed by atoms with E-state index in [1.807, 2.05) is 20.8 Å². The van der Waals surface area contributed by atoms with Crippen LogP contribution in [0.2, 0.25) is 0 Å². The maximum absolute atomic E-state index is 11.6. The second-order valence-corrected chi connectivity index (χ2v) is 7.03. The van der Waals surface area contributed by atoms with E-state index in [-0.39, 0.29) is 6.09 Å². The van der Waals surface area contributed by atoms with Crippen molar-refractivity contribution in [3.8, 4) is 0 Å². The molecule has 0 aromatic rings. The largest absolute Gasteiger partial charge is 0.444 e. The highest BCUT2D eigenvalue weighted by atomic mass is 16.6. The number of nitrogens with one attached hydrogen (secondary N) is 1. The van der Waals surface area contributed by atoms with Gasteiger partial charge in [0.2, 0.25) is 0 Å². The lowest BCUT2D eigenvalue weighted by Gasteiger charge is -2.21. The summed E-state index contributed by atoms with van der Waals surface area (Å²) >= 11 is 0. The van der Waals surface area contributed by atoms with Gasteiger partial charge in [0.05, 0.1) is 0 Å². The summed E-state index contributed by atoms with van der Waals surface area (Å²) in [6, 6.07) is 0. The monoisotopic (exact) mass is 292 g/mol. The van der Waals surface area contributed by atoms with Gasteiger partial charge in [-0.1, -0.05) is 18.2 Å². The Morgan fingerprint density at radius 1 is 1.43 bits per heavy atom. The van der Waals surface area contributed by atoms with E-state index < -0.39 is 5.60 Å². The second-order valence-electron chi connectivity index (χ2n) is 7.03. The summed E-state index contributed by atoms with van der Waals surface area (Å²) in [5.41, 5.74) is 1.01. The molecule has 21 heavy (non-hydrogen) atoms. The van der Waals surface area contributed by atoms with Gasteiger partial charge in [0.1, 0.15) is 5.60 Å². The average molecular weight is 292 g/mol. The molecule has 1 N–H and O–H groups in total. The third-order valence-electron chi connectivity index (χ3n) is 3.78. The molecule has 0 aromatic carbocycles. The Morgan fingerprint density at radius 2 is 2.24 bits per heavy atom. The Labute approximate surface area is 128 Å². The maximum atomic E-state index is 11.6. The third kappa shape index (κ3) is 5.92. The zero-order chi connectivity index (χ0) is 15.3. The maximum Gasteiger partial charge on any atom is 0.407 e. The van der Waals surface area contributed by atoms with Gasteiger partial charge in [0.15, 0.2) is 0 Å². The topological polar surface area (TPSA) is 41.6 Å². The first-order valence-corrected chi connectivity index (χ1v) is 7.97. The summed E-state index contributed by atoms with van der Waals surface area (Å²) < 4.78 is 5.26. The average Bonchev–Trinajstić information content (AvgIpc) is 2.83. The lowest BCUT2D eigenvalue weighted by atomic mass is 10.1. The van der Waals surface area contributed by atoms with E-state index in [0.29, 0.717) is 12.5 Å². The molecule has 118 valence electrons. The normalized spacial score (nSPS) is 23.0. The van der Waals surface area contributed by atoms with E-state index >= 15 is 0 Å². The summed E-state index contributed by atoms with van der Waals surface area (Å²) in [6.45, 7) is 9.58. The van der Waals surface area contributed by atoms with Crippen molar-refractivity contribution < 1.29 is 9.53 Å². The van der Waals surface area contributed by atoms with E-state index in [1.54, 1.807) is 0 Å². The van der Waals surface area contributed by atoms with E-state index in [2.05, 4.69) is 28.4 Å². The van der Waals surface area contributed by atoms with Crippen LogP contribution in [0.1, 0.15) is 40.0 Å². The Balaban J connectivity index is 1.67. The van der Waals surface area contributed by atoms with Gasteiger partial charge in [-0.05, 0) is 58.1 Å². The van der Waals surface area contributed by atoms with Crippen molar-refractivity contribution in [1.82, 2.24) is 10.2 Å². The van der Waals surface area contributed by atoms with Crippen LogP contribution in [0.4, 0.5) is 4.79 Å². The van der Waals surface area contributed by atoms with Crippen LogP contribution in [-0.2, 0) is 4.74 Å². The van der Waals surface area contributed by atoms with Crippen LogP contribution in [0, 0.1) is 5.92 Å². The molecule has 2 aliphatic rings. The number of carbonyl (C=O) groups excluding carboxylic acids is 1. The molecule has 1 atom stereocenters. The van der Waals surface area contributed by atoms with Crippen LogP contribution >= 0.6 is 0 Å². The molecule has 1 unspecified atom stereocenters. The molecule has 4 heteroatoms. The molecule has 1 saturated heterocycles. The Bertz CT molecular complexity index is 421. The van der Waals surface area contributed by atoms with Gasteiger partial charge in [0, 0.05) is 19.6 Å². The van der Waals surface area contributed by atoms with Gasteiger partial charge in [-0.3, -0.25) is 4.90 Å². The molecule has 4 nitrogen and oxygen atoms in total. The molecule has 0 saturated carbocycles. The van der Waals surface area contributed by atoms with E-state index in [9.17, 15) is 4.79 Å². The third-order valence-corrected chi connectivity index (χ3v) is 3.78. The number of alkyl carbamates (subject to hydrolysis) is 1. The van der Waals surface area contributed by atoms with Gasteiger partial charge >= 0.3 is 6.09 Å². The number of likely N-dealkylation sites (tertiary alicyclic amines) is 1. The van der Waals surface area contributed by atoms with Gasteiger partial charge in [-0.15, -0.1) is 0 Å². The molecule has 1 amide bonds. The van der Waals surface area contributed by atoms with Crippen LogP contribution in [0.15, 0.2) is 23.8 Å². The number of nitrogens with zero attached hydrogens (tertiary/aromatic N) is 1. The first kappa shape index (κ1) is 16.1. The van der Waals surface area contributed by atoms with Crippen LogP contribution in [-0.4, -0.2) is 42.8 Å². The smallest absolute Gasteiger partial charge is 0.407 e. The number of ether oxygens (including phenoxy) is 1. The van der Waals surface area contributed by atoms with Crippen molar-refractivity contribution in [3.05, 3.63) is 23.8 Å². The summed E-state index contributed by atoms with van der Waals surface area (Å²) in [4.78, 5) is 14.1. The fourth-order valence-corrected chi connectivity index (χ4v) is 2.81.